The van der Waals surface area contributed by atoms with Crippen molar-refractivity contribution in [2.75, 3.05) is 0 Å². The Morgan fingerprint density at radius 3 is 2.90 bits per heavy atom. The Morgan fingerprint density at radius 1 is 1.29 bits per heavy atom. The zero-order chi connectivity index (χ0) is 14.7. The minimum Gasteiger partial charge on any atom is -0.391 e. The molecule has 1 aromatic carbocycles. The molecule has 1 saturated carbocycles. The smallest absolute Gasteiger partial charge is 0.251 e. The van der Waals surface area contributed by atoms with Crippen molar-refractivity contribution in [1.29, 1.82) is 0 Å². The van der Waals surface area contributed by atoms with Crippen molar-refractivity contribution >= 4 is 5.91 Å². The number of hydrogen-bond acceptors (Lipinski definition) is 3. The highest BCUT2D eigenvalue weighted by molar-refractivity contribution is 5.94. The van der Waals surface area contributed by atoms with Crippen LogP contribution >= 0.6 is 0 Å². The molecule has 1 aliphatic rings. The van der Waals surface area contributed by atoms with Crippen molar-refractivity contribution < 1.29 is 9.90 Å². The average molecular weight is 285 g/mol. The van der Waals surface area contributed by atoms with Gasteiger partial charge in [0.1, 0.15) is 0 Å². The highest BCUT2D eigenvalue weighted by atomic mass is 16.3. The van der Waals surface area contributed by atoms with E-state index in [1.54, 1.807) is 23.0 Å². The van der Waals surface area contributed by atoms with Crippen molar-refractivity contribution in [3.05, 3.63) is 48.3 Å². The van der Waals surface area contributed by atoms with Crippen molar-refractivity contribution in [1.82, 2.24) is 15.1 Å². The van der Waals surface area contributed by atoms with Crippen molar-refractivity contribution in [2.45, 2.75) is 37.8 Å². The van der Waals surface area contributed by atoms with Crippen LogP contribution in [0.4, 0.5) is 0 Å². The molecule has 1 heterocycles. The zero-order valence-corrected chi connectivity index (χ0v) is 11.8. The van der Waals surface area contributed by atoms with Crippen LogP contribution in [0.25, 0.3) is 5.69 Å². The predicted octanol–water partition coefficient (Wildman–Crippen LogP) is 1.91. The van der Waals surface area contributed by atoms with Gasteiger partial charge < -0.3 is 10.4 Å². The van der Waals surface area contributed by atoms with Crippen LogP contribution in [0, 0.1) is 0 Å². The van der Waals surface area contributed by atoms with Gasteiger partial charge in [0.2, 0.25) is 0 Å². The Hall–Kier alpha value is -2.14. The van der Waals surface area contributed by atoms with E-state index in [4.69, 9.17) is 0 Å². The third-order valence-electron chi connectivity index (χ3n) is 3.92. The molecule has 1 aromatic heterocycles. The number of nitrogens with zero attached hydrogens (tertiary/aromatic N) is 2. The zero-order valence-electron chi connectivity index (χ0n) is 11.8. The Balaban J connectivity index is 1.74. The second-order valence-electron chi connectivity index (χ2n) is 5.43. The number of carbonyl (C=O) groups excluding carboxylic acids is 1. The molecule has 5 heteroatoms. The Bertz CT molecular complexity index is 610. The summed E-state index contributed by atoms with van der Waals surface area (Å²) in [7, 11) is 0. The monoisotopic (exact) mass is 285 g/mol. The third-order valence-corrected chi connectivity index (χ3v) is 3.92. The first-order valence-corrected chi connectivity index (χ1v) is 7.33. The minimum absolute atomic E-state index is 0.139. The molecule has 2 aromatic rings. The van der Waals surface area contributed by atoms with Crippen LogP contribution in [-0.4, -0.2) is 32.9 Å². The molecular formula is C16H19N3O2. The first-order valence-electron chi connectivity index (χ1n) is 7.33. The summed E-state index contributed by atoms with van der Waals surface area (Å²) < 4.78 is 1.71. The summed E-state index contributed by atoms with van der Waals surface area (Å²) in [4.78, 5) is 12.3. The van der Waals surface area contributed by atoms with E-state index >= 15 is 0 Å². The molecule has 21 heavy (non-hydrogen) atoms. The predicted molar refractivity (Wildman–Crippen MR) is 79.3 cm³/mol. The average Bonchev–Trinajstić information content (AvgIpc) is 3.04. The molecule has 2 N–H and O–H groups in total. The first kappa shape index (κ1) is 13.8. The summed E-state index contributed by atoms with van der Waals surface area (Å²) in [5, 5.41) is 17.0. The van der Waals surface area contributed by atoms with Gasteiger partial charge in [0, 0.05) is 18.0 Å². The fraction of sp³-hybridized carbons (Fsp3) is 0.375. The molecule has 1 aliphatic carbocycles. The van der Waals surface area contributed by atoms with E-state index in [1.165, 1.54) is 0 Å². The normalized spacial score (nSPS) is 22.0. The standard InChI is InChI=1S/C16H19N3O2/c20-15-8-2-1-7-14(15)18-16(21)12-5-3-6-13(11-12)19-10-4-9-17-19/h3-6,9-11,14-15,20H,1-2,7-8H2,(H,18,21)/t14-,15-/m1/s1. The van der Waals surface area contributed by atoms with Crippen LogP contribution in [0.5, 0.6) is 0 Å². The maximum Gasteiger partial charge on any atom is 0.251 e. The molecule has 0 saturated heterocycles. The van der Waals surface area contributed by atoms with E-state index in [0.29, 0.717) is 5.56 Å². The Labute approximate surface area is 123 Å². The number of nitrogens with one attached hydrogen (secondary N) is 1. The van der Waals surface area contributed by atoms with Gasteiger partial charge in [-0.3, -0.25) is 4.79 Å². The number of aliphatic hydroxyl groups excluding tert-OH is 1. The summed E-state index contributed by atoms with van der Waals surface area (Å²) in [5.74, 6) is -0.144. The molecule has 110 valence electrons. The third kappa shape index (κ3) is 3.13. The molecule has 0 spiro atoms. The van der Waals surface area contributed by atoms with Crippen LogP contribution in [0.15, 0.2) is 42.7 Å². The van der Waals surface area contributed by atoms with E-state index in [1.807, 2.05) is 24.4 Å². The Kier molecular flexibility index (Phi) is 4.01. The van der Waals surface area contributed by atoms with E-state index in [0.717, 1.165) is 31.4 Å². The molecule has 0 bridgehead atoms. The van der Waals surface area contributed by atoms with Crippen LogP contribution in [0.1, 0.15) is 36.0 Å². The first-order chi connectivity index (χ1) is 10.2. The van der Waals surface area contributed by atoms with E-state index in [2.05, 4.69) is 10.4 Å². The van der Waals surface area contributed by atoms with Gasteiger partial charge in [-0.15, -0.1) is 0 Å². The SMILES string of the molecule is O=C(N[C@@H]1CCCC[C@H]1O)c1cccc(-n2cccn2)c1. The van der Waals surface area contributed by atoms with Crippen LogP contribution < -0.4 is 5.32 Å². The van der Waals surface area contributed by atoms with Gasteiger partial charge in [-0.2, -0.15) is 5.10 Å². The van der Waals surface area contributed by atoms with Crippen LogP contribution in [0.2, 0.25) is 0 Å². The number of aromatic nitrogens is 2. The highest BCUT2D eigenvalue weighted by Crippen LogP contribution is 2.19. The quantitative estimate of drug-likeness (QED) is 0.905. The van der Waals surface area contributed by atoms with Crippen LogP contribution in [0.3, 0.4) is 0 Å². The molecule has 0 radical (unpaired) electrons. The number of benzene rings is 1. The summed E-state index contributed by atoms with van der Waals surface area (Å²) in [6.07, 6.45) is 6.78. The largest absolute Gasteiger partial charge is 0.391 e. The topological polar surface area (TPSA) is 67.2 Å². The number of aliphatic hydroxyl groups is 1. The molecule has 3 rings (SSSR count). The highest BCUT2D eigenvalue weighted by Gasteiger charge is 2.24. The number of hydrogen-bond donors (Lipinski definition) is 2. The summed E-state index contributed by atoms with van der Waals surface area (Å²) in [6, 6.07) is 9.02. The summed E-state index contributed by atoms with van der Waals surface area (Å²) in [6.45, 7) is 0. The summed E-state index contributed by atoms with van der Waals surface area (Å²) in [5.41, 5.74) is 1.43. The van der Waals surface area contributed by atoms with Gasteiger partial charge in [0.25, 0.3) is 5.91 Å². The van der Waals surface area contributed by atoms with Gasteiger partial charge in [-0.25, -0.2) is 4.68 Å². The van der Waals surface area contributed by atoms with Gasteiger partial charge in [-0.1, -0.05) is 18.9 Å². The molecule has 0 aliphatic heterocycles. The van der Waals surface area contributed by atoms with Crippen molar-refractivity contribution in [3.63, 3.8) is 0 Å². The lowest BCUT2D eigenvalue weighted by Crippen LogP contribution is -2.45. The summed E-state index contributed by atoms with van der Waals surface area (Å²) >= 11 is 0. The fourth-order valence-corrected chi connectivity index (χ4v) is 2.74. The molecule has 2 atom stereocenters. The fourth-order valence-electron chi connectivity index (χ4n) is 2.74. The maximum atomic E-state index is 12.3. The number of carbonyl (C=O) groups is 1. The molecule has 1 fully saturated rings. The molecule has 0 unspecified atom stereocenters. The number of amides is 1. The van der Waals surface area contributed by atoms with E-state index in [9.17, 15) is 9.90 Å². The molecular weight excluding hydrogens is 266 g/mol. The lowest BCUT2D eigenvalue weighted by atomic mass is 9.92. The Morgan fingerprint density at radius 2 is 2.14 bits per heavy atom. The van der Waals surface area contributed by atoms with E-state index < -0.39 is 6.10 Å². The van der Waals surface area contributed by atoms with E-state index in [-0.39, 0.29) is 11.9 Å². The molecule has 1 amide bonds. The lowest BCUT2D eigenvalue weighted by Gasteiger charge is -2.28. The minimum atomic E-state index is -0.433. The van der Waals surface area contributed by atoms with Gasteiger partial charge in [0.05, 0.1) is 17.8 Å². The maximum absolute atomic E-state index is 12.3. The second-order valence-corrected chi connectivity index (χ2v) is 5.43. The molecule has 5 nitrogen and oxygen atoms in total. The van der Waals surface area contributed by atoms with Crippen molar-refractivity contribution in [3.8, 4) is 5.69 Å². The van der Waals surface area contributed by atoms with Gasteiger partial charge in [-0.05, 0) is 37.1 Å². The second kappa shape index (κ2) is 6.10. The number of rotatable bonds is 3. The van der Waals surface area contributed by atoms with Crippen LogP contribution in [-0.2, 0) is 0 Å². The van der Waals surface area contributed by atoms with Gasteiger partial charge >= 0.3 is 0 Å². The lowest BCUT2D eigenvalue weighted by molar-refractivity contribution is 0.0717. The van der Waals surface area contributed by atoms with Gasteiger partial charge in [0.15, 0.2) is 0 Å². The van der Waals surface area contributed by atoms with Crippen molar-refractivity contribution in [2.24, 2.45) is 0 Å².